The molecule has 0 amide bonds. The molecule has 0 radical (unpaired) electrons. The van der Waals surface area contributed by atoms with Crippen LogP contribution < -0.4 is 0 Å². The third-order valence-electron chi connectivity index (χ3n) is 5.08. The average Bonchev–Trinajstić information content (AvgIpc) is 3.26. The minimum atomic E-state index is -1.64. The fourth-order valence-electron chi connectivity index (χ4n) is 3.43. The van der Waals surface area contributed by atoms with E-state index in [1.54, 1.807) is 0 Å². The van der Waals surface area contributed by atoms with E-state index in [-0.39, 0.29) is 21.2 Å². The molecule has 0 aliphatic carbocycles. The molecule has 176 valence electrons. The lowest BCUT2D eigenvalue weighted by Crippen LogP contribution is -2.55. The molecule has 7 nitrogen and oxygen atoms in total. The van der Waals surface area contributed by atoms with Gasteiger partial charge in [0.1, 0.15) is 41.3 Å². The second-order valence-electron chi connectivity index (χ2n) is 7.23. The number of thioether (sulfide) groups is 1. The van der Waals surface area contributed by atoms with Gasteiger partial charge in [-0.25, -0.2) is 22.2 Å². The normalized spacial score (nSPS) is 25.4. The van der Waals surface area contributed by atoms with Gasteiger partial charge in [0.25, 0.3) is 0 Å². The molecule has 2 heterocycles. The average molecular weight is 506 g/mol. The molecule has 33 heavy (non-hydrogen) atoms. The Morgan fingerprint density at radius 3 is 2.39 bits per heavy atom. The Balaban J connectivity index is 1.65. The van der Waals surface area contributed by atoms with E-state index in [0.29, 0.717) is 0 Å². The minimum absolute atomic E-state index is 0.0647. The molecule has 5 atom stereocenters. The molecule has 0 bridgehead atoms. The van der Waals surface area contributed by atoms with E-state index in [1.807, 2.05) is 0 Å². The van der Waals surface area contributed by atoms with Crippen molar-refractivity contribution >= 4 is 23.4 Å². The van der Waals surface area contributed by atoms with Gasteiger partial charge in [-0.05, 0) is 30.3 Å². The minimum Gasteiger partial charge on any atom is -0.394 e. The van der Waals surface area contributed by atoms with E-state index < -0.39 is 59.7 Å². The summed E-state index contributed by atoms with van der Waals surface area (Å²) in [5.41, 5.74) is -1.35. The Labute approximate surface area is 193 Å². The third kappa shape index (κ3) is 4.72. The lowest BCUT2D eigenvalue weighted by molar-refractivity contribution is -0.178. The molecule has 1 aliphatic heterocycles. The summed E-state index contributed by atoms with van der Waals surface area (Å²) in [5, 5.41) is 39.0. The summed E-state index contributed by atoms with van der Waals surface area (Å²) >= 11 is 6.69. The van der Waals surface area contributed by atoms with E-state index in [1.165, 1.54) is 18.3 Å². The Bertz CT molecular complexity index is 1150. The van der Waals surface area contributed by atoms with Crippen molar-refractivity contribution in [2.45, 2.75) is 34.7 Å². The zero-order valence-electron chi connectivity index (χ0n) is 16.4. The Morgan fingerprint density at radius 1 is 1.03 bits per heavy atom. The molecule has 1 aromatic heterocycles. The smallest absolute Gasteiger partial charge is 0.194 e. The van der Waals surface area contributed by atoms with Crippen molar-refractivity contribution in [2.24, 2.45) is 0 Å². The van der Waals surface area contributed by atoms with Gasteiger partial charge < -0.3 is 20.1 Å². The first-order valence-electron chi connectivity index (χ1n) is 9.50. The highest BCUT2D eigenvalue weighted by Gasteiger charge is 2.46. The number of hydrogen-bond acceptors (Lipinski definition) is 7. The lowest BCUT2D eigenvalue weighted by atomic mass is 9.97. The maximum atomic E-state index is 14.2. The number of halogens is 5. The van der Waals surface area contributed by atoms with Crippen molar-refractivity contribution in [3.05, 3.63) is 64.8 Å². The van der Waals surface area contributed by atoms with E-state index >= 15 is 0 Å². The van der Waals surface area contributed by atoms with Crippen LogP contribution in [-0.2, 0) is 4.74 Å². The molecule has 0 saturated carbocycles. The van der Waals surface area contributed by atoms with Gasteiger partial charge in [-0.1, -0.05) is 28.6 Å². The van der Waals surface area contributed by atoms with Crippen LogP contribution in [-0.4, -0.2) is 60.7 Å². The van der Waals surface area contributed by atoms with Crippen molar-refractivity contribution in [1.82, 2.24) is 15.0 Å². The van der Waals surface area contributed by atoms with E-state index in [2.05, 4.69) is 10.3 Å². The first-order chi connectivity index (χ1) is 15.7. The van der Waals surface area contributed by atoms with Gasteiger partial charge in [-0.15, -0.1) is 5.10 Å². The number of hydrogen-bond donors (Lipinski definition) is 3. The van der Waals surface area contributed by atoms with Gasteiger partial charge >= 0.3 is 0 Å². The van der Waals surface area contributed by atoms with Crippen molar-refractivity contribution < 1.29 is 37.6 Å². The molecule has 1 fully saturated rings. The molecular weight excluding hydrogens is 490 g/mol. The number of rotatable bonds is 5. The molecule has 3 N–H and O–H groups in total. The van der Waals surface area contributed by atoms with Gasteiger partial charge in [0.05, 0.1) is 12.8 Å². The number of ether oxygens (including phenoxy) is 1. The number of benzene rings is 2. The van der Waals surface area contributed by atoms with Gasteiger partial charge in [0.15, 0.2) is 17.5 Å². The first kappa shape index (κ1) is 23.9. The number of aromatic nitrogens is 3. The highest BCUT2D eigenvalue weighted by Crippen LogP contribution is 2.39. The topological polar surface area (TPSA) is 101 Å². The van der Waals surface area contributed by atoms with Crippen LogP contribution in [0.3, 0.4) is 0 Å². The summed E-state index contributed by atoms with van der Waals surface area (Å²) < 4.78 is 61.2. The standard InChI is InChI=1S/C20H16ClF4N3O4S/c21-9-1-2-10(22)15(5-9)33-20-19(31)17(18(30)14(7-29)32-20)28-6-13(26-27-28)8-3-11(23)16(25)12(24)4-8/h1-6,14,17-20,29-31H,7H2/t14?,17-,18-,19?,20+/m0/s1. The van der Waals surface area contributed by atoms with Crippen molar-refractivity contribution in [3.8, 4) is 11.3 Å². The Kier molecular flexibility index (Phi) is 6.93. The fraction of sp³-hybridized carbons (Fsp3) is 0.300. The third-order valence-corrected chi connectivity index (χ3v) is 6.50. The summed E-state index contributed by atoms with van der Waals surface area (Å²) in [6.45, 7) is -0.630. The summed E-state index contributed by atoms with van der Waals surface area (Å²) in [6.07, 6.45) is -2.94. The molecule has 2 aromatic carbocycles. The fourth-order valence-corrected chi connectivity index (χ4v) is 4.79. The second-order valence-corrected chi connectivity index (χ2v) is 8.80. The Morgan fingerprint density at radius 2 is 1.73 bits per heavy atom. The lowest BCUT2D eigenvalue weighted by Gasteiger charge is -2.41. The molecule has 13 heteroatoms. The van der Waals surface area contributed by atoms with E-state index in [9.17, 15) is 32.9 Å². The maximum absolute atomic E-state index is 14.2. The molecule has 3 aromatic rings. The molecule has 1 aliphatic rings. The Hall–Kier alpha value is -2.22. The second kappa shape index (κ2) is 9.57. The zero-order valence-corrected chi connectivity index (χ0v) is 18.0. The SMILES string of the molecule is OCC1O[C@H](Sc2cc(Cl)ccc2F)C(O)[C@@H](n2cc(-c3cc(F)c(F)c(F)c3)nn2)[C@H]1O. The van der Waals surface area contributed by atoms with E-state index in [4.69, 9.17) is 16.3 Å². The number of aliphatic hydroxyl groups excluding tert-OH is 3. The van der Waals surface area contributed by atoms with Gasteiger partial charge in [0, 0.05) is 15.5 Å². The van der Waals surface area contributed by atoms with Crippen LogP contribution >= 0.6 is 23.4 Å². The summed E-state index contributed by atoms with van der Waals surface area (Å²) in [7, 11) is 0. The molecular formula is C20H16ClF4N3O4S. The van der Waals surface area contributed by atoms with Crippen molar-refractivity contribution in [3.63, 3.8) is 0 Å². The molecule has 0 spiro atoms. The number of nitrogens with zero attached hydrogens (tertiary/aromatic N) is 3. The quantitative estimate of drug-likeness (QED) is 0.362. The summed E-state index contributed by atoms with van der Waals surface area (Å²) in [5.74, 6) is -5.11. The highest BCUT2D eigenvalue weighted by molar-refractivity contribution is 7.99. The first-order valence-corrected chi connectivity index (χ1v) is 10.8. The van der Waals surface area contributed by atoms with Crippen LogP contribution in [0.1, 0.15) is 6.04 Å². The molecule has 4 rings (SSSR count). The van der Waals surface area contributed by atoms with Gasteiger partial charge in [0.2, 0.25) is 0 Å². The zero-order chi connectivity index (χ0) is 23.9. The van der Waals surface area contributed by atoms with Crippen LogP contribution in [0, 0.1) is 23.3 Å². The van der Waals surface area contributed by atoms with Crippen LogP contribution in [0.4, 0.5) is 17.6 Å². The van der Waals surface area contributed by atoms with Crippen LogP contribution in [0.5, 0.6) is 0 Å². The largest absolute Gasteiger partial charge is 0.394 e. The van der Waals surface area contributed by atoms with Crippen LogP contribution in [0.15, 0.2) is 41.4 Å². The number of aliphatic hydroxyl groups is 3. The predicted octanol–water partition coefficient (Wildman–Crippen LogP) is 2.93. The molecule has 1 saturated heterocycles. The van der Waals surface area contributed by atoms with Gasteiger partial charge in [-0.2, -0.15) is 0 Å². The maximum Gasteiger partial charge on any atom is 0.194 e. The van der Waals surface area contributed by atoms with Crippen molar-refractivity contribution in [2.75, 3.05) is 6.61 Å². The monoisotopic (exact) mass is 505 g/mol. The van der Waals surface area contributed by atoms with Crippen LogP contribution in [0.2, 0.25) is 5.02 Å². The highest BCUT2D eigenvalue weighted by atomic mass is 35.5. The summed E-state index contributed by atoms with van der Waals surface area (Å²) in [4.78, 5) is 0.0647. The predicted molar refractivity (Wildman–Crippen MR) is 109 cm³/mol. The molecule has 2 unspecified atom stereocenters. The van der Waals surface area contributed by atoms with Crippen LogP contribution in [0.25, 0.3) is 11.3 Å². The van der Waals surface area contributed by atoms with Crippen molar-refractivity contribution in [1.29, 1.82) is 0 Å². The van der Waals surface area contributed by atoms with E-state index in [0.717, 1.165) is 34.6 Å². The van der Waals surface area contributed by atoms with Gasteiger partial charge in [-0.3, -0.25) is 0 Å². The summed E-state index contributed by atoms with van der Waals surface area (Å²) in [6, 6.07) is 4.03.